The predicted molar refractivity (Wildman–Crippen MR) is 67.7 cm³/mol. The third-order valence-electron chi connectivity index (χ3n) is 5.01. The molecule has 1 aromatic rings. The van der Waals surface area contributed by atoms with Crippen LogP contribution in [0.5, 0.6) is 0 Å². The number of rotatable bonds is 4. The number of anilines is 1. The van der Waals surface area contributed by atoms with Crippen LogP contribution in [0.1, 0.15) is 36.7 Å². The van der Waals surface area contributed by atoms with Crippen LogP contribution >= 0.6 is 0 Å². The van der Waals surface area contributed by atoms with Gasteiger partial charge in [0, 0.05) is 6.04 Å². The van der Waals surface area contributed by atoms with Gasteiger partial charge in [0.05, 0.1) is 6.61 Å². The average Bonchev–Trinajstić information content (AvgIpc) is 2.82. The van der Waals surface area contributed by atoms with Gasteiger partial charge in [0.2, 0.25) is 0 Å². The van der Waals surface area contributed by atoms with E-state index in [-0.39, 0.29) is 5.69 Å². The molecule has 1 aromatic heterocycles. The van der Waals surface area contributed by atoms with Gasteiger partial charge in [0.1, 0.15) is 6.26 Å². The van der Waals surface area contributed by atoms with Crippen molar-refractivity contribution in [2.75, 3.05) is 11.9 Å². The summed E-state index contributed by atoms with van der Waals surface area (Å²) in [6.07, 6.45) is 5.58. The Balaban J connectivity index is 1.41. The minimum atomic E-state index is -0.421. The van der Waals surface area contributed by atoms with E-state index in [1.807, 2.05) is 0 Å². The molecule has 4 rings (SSSR count). The van der Waals surface area contributed by atoms with E-state index in [0.717, 1.165) is 23.7 Å². The number of carbonyl (C=O) groups excluding carboxylic acids is 1. The summed E-state index contributed by atoms with van der Waals surface area (Å²) < 4.78 is 10.2. The summed E-state index contributed by atoms with van der Waals surface area (Å²) >= 11 is 0. The van der Waals surface area contributed by atoms with Gasteiger partial charge in [-0.2, -0.15) is 4.98 Å². The third-order valence-corrected chi connectivity index (χ3v) is 5.01. The van der Waals surface area contributed by atoms with E-state index >= 15 is 0 Å². The quantitative estimate of drug-likeness (QED) is 0.843. The van der Waals surface area contributed by atoms with E-state index in [2.05, 4.69) is 10.3 Å². The van der Waals surface area contributed by atoms with Crippen LogP contribution < -0.4 is 5.32 Å². The SMILES string of the molecule is CCOC(=O)c1coc(NC2C3C4CCC(C4)C23)n1. The number of fused-ring (bicyclic) bond motifs is 5. The van der Waals surface area contributed by atoms with Gasteiger partial charge in [-0.05, 0) is 49.9 Å². The van der Waals surface area contributed by atoms with Crippen LogP contribution in [-0.2, 0) is 4.74 Å². The van der Waals surface area contributed by atoms with Crippen molar-refractivity contribution in [2.24, 2.45) is 23.7 Å². The number of nitrogens with zero attached hydrogens (tertiary/aromatic N) is 1. The van der Waals surface area contributed by atoms with E-state index in [0.29, 0.717) is 18.7 Å². The van der Waals surface area contributed by atoms with Crippen LogP contribution in [0.3, 0.4) is 0 Å². The maximum absolute atomic E-state index is 11.5. The lowest BCUT2D eigenvalue weighted by molar-refractivity contribution is 0.0519. The van der Waals surface area contributed by atoms with Crippen LogP contribution in [0.2, 0.25) is 0 Å². The second-order valence-electron chi connectivity index (χ2n) is 5.92. The van der Waals surface area contributed by atoms with E-state index in [1.54, 1.807) is 6.92 Å². The molecule has 0 spiro atoms. The minimum Gasteiger partial charge on any atom is -0.461 e. The first-order valence-corrected chi connectivity index (χ1v) is 7.17. The molecule has 0 amide bonds. The fraction of sp³-hybridized carbons (Fsp3) is 0.714. The van der Waals surface area contributed by atoms with Crippen molar-refractivity contribution >= 4 is 12.0 Å². The van der Waals surface area contributed by atoms with Crippen LogP contribution in [0.15, 0.2) is 10.7 Å². The normalized spacial score (nSPS) is 38.1. The highest BCUT2D eigenvalue weighted by Gasteiger charge is 2.65. The summed E-state index contributed by atoms with van der Waals surface area (Å²) in [5.41, 5.74) is 0.248. The van der Waals surface area contributed by atoms with Gasteiger partial charge in [-0.25, -0.2) is 4.79 Å². The first-order chi connectivity index (χ1) is 9.28. The number of oxazole rings is 1. The van der Waals surface area contributed by atoms with Crippen molar-refractivity contribution in [1.29, 1.82) is 0 Å². The highest BCUT2D eigenvalue weighted by atomic mass is 16.5. The summed E-state index contributed by atoms with van der Waals surface area (Å²) in [4.78, 5) is 15.7. The zero-order valence-electron chi connectivity index (χ0n) is 11.0. The first kappa shape index (κ1) is 11.3. The Bertz CT molecular complexity index is 497. The van der Waals surface area contributed by atoms with E-state index in [1.165, 1.54) is 25.5 Å². The summed E-state index contributed by atoms with van der Waals surface area (Å²) in [6.45, 7) is 2.13. The fourth-order valence-electron chi connectivity index (χ4n) is 4.30. The van der Waals surface area contributed by atoms with Gasteiger partial charge in [-0.1, -0.05) is 0 Å². The molecule has 2 bridgehead atoms. The molecule has 0 radical (unpaired) electrons. The molecule has 5 heteroatoms. The largest absolute Gasteiger partial charge is 0.461 e. The summed E-state index contributed by atoms with van der Waals surface area (Å²) in [5.74, 6) is 3.03. The number of hydrogen-bond acceptors (Lipinski definition) is 5. The van der Waals surface area contributed by atoms with Crippen LogP contribution in [0, 0.1) is 23.7 Å². The molecular formula is C14H18N2O3. The smallest absolute Gasteiger partial charge is 0.360 e. The van der Waals surface area contributed by atoms with Crippen molar-refractivity contribution in [2.45, 2.75) is 32.2 Å². The molecule has 4 atom stereocenters. The second-order valence-corrected chi connectivity index (χ2v) is 5.92. The molecule has 1 heterocycles. The molecular weight excluding hydrogens is 244 g/mol. The first-order valence-electron chi connectivity index (χ1n) is 7.17. The number of aromatic nitrogens is 1. The molecule has 0 saturated heterocycles. The zero-order chi connectivity index (χ0) is 13.0. The molecule has 1 N–H and O–H groups in total. The standard InChI is InChI=1S/C14H18N2O3/c1-2-18-13(17)9-6-19-14(15-9)16-12-10-7-3-4-8(5-7)11(10)12/h6-8,10-12H,2-5H2,1H3,(H,15,16). The van der Waals surface area contributed by atoms with Gasteiger partial charge < -0.3 is 14.5 Å². The lowest BCUT2D eigenvalue weighted by Gasteiger charge is -2.08. The molecule has 3 aliphatic rings. The Kier molecular flexibility index (Phi) is 2.37. The van der Waals surface area contributed by atoms with Crippen molar-refractivity contribution in [3.05, 3.63) is 12.0 Å². The molecule has 0 aliphatic heterocycles. The second kappa shape index (κ2) is 3.99. The van der Waals surface area contributed by atoms with Crippen molar-refractivity contribution in [3.8, 4) is 0 Å². The number of ether oxygens (including phenoxy) is 1. The predicted octanol–water partition coefficient (Wildman–Crippen LogP) is 2.31. The zero-order valence-corrected chi connectivity index (χ0v) is 11.0. The van der Waals surface area contributed by atoms with Gasteiger partial charge >= 0.3 is 5.97 Å². The van der Waals surface area contributed by atoms with Crippen molar-refractivity contribution < 1.29 is 13.9 Å². The Morgan fingerprint density at radius 1 is 1.47 bits per heavy atom. The lowest BCUT2D eigenvalue weighted by atomic mass is 10.0. The molecule has 102 valence electrons. The van der Waals surface area contributed by atoms with Gasteiger partial charge in [0.15, 0.2) is 5.69 Å². The highest BCUT2D eigenvalue weighted by Crippen LogP contribution is 2.66. The topological polar surface area (TPSA) is 64.4 Å². The molecule has 3 aliphatic carbocycles. The number of esters is 1. The molecule has 19 heavy (non-hydrogen) atoms. The fourth-order valence-corrected chi connectivity index (χ4v) is 4.30. The van der Waals surface area contributed by atoms with Gasteiger partial charge in [-0.15, -0.1) is 0 Å². The minimum absolute atomic E-state index is 0.248. The maximum atomic E-state index is 11.5. The Labute approximate surface area is 111 Å². The summed E-state index contributed by atoms with van der Waals surface area (Å²) in [7, 11) is 0. The molecule has 5 nitrogen and oxygen atoms in total. The van der Waals surface area contributed by atoms with E-state index in [9.17, 15) is 4.79 Å². The number of carbonyl (C=O) groups is 1. The Morgan fingerprint density at radius 3 is 2.89 bits per heavy atom. The molecule has 3 saturated carbocycles. The third kappa shape index (κ3) is 1.67. The van der Waals surface area contributed by atoms with E-state index in [4.69, 9.17) is 9.15 Å². The Morgan fingerprint density at radius 2 is 2.21 bits per heavy atom. The van der Waals surface area contributed by atoms with Crippen LogP contribution in [0.25, 0.3) is 0 Å². The van der Waals surface area contributed by atoms with Gasteiger partial charge in [-0.3, -0.25) is 0 Å². The van der Waals surface area contributed by atoms with Crippen LogP contribution in [-0.4, -0.2) is 23.6 Å². The lowest BCUT2D eigenvalue weighted by Crippen LogP contribution is -2.13. The molecule has 4 unspecified atom stereocenters. The summed E-state index contributed by atoms with van der Waals surface area (Å²) in [5, 5.41) is 3.35. The van der Waals surface area contributed by atoms with Crippen molar-refractivity contribution in [1.82, 2.24) is 4.98 Å². The number of hydrogen-bond donors (Lipinski definition) is 1. The molecule has 3 fully saturated rings. The molecule has 0 aromatic carbocycles. The average molecular weight is 262 g/mol. The van der Waals surface area contributed by atoms with Gasteiger partial charge in [0.25, 0.3) is 6.01 Å². The van der Waals surface area contributed by atoms with Crippen molar-refractivity contribution in [3.63, 3.8) is 0 Å². The van der Waals surface area contributed by atoms with Crippen LogP contribution in [0.4, 0.5) is 6.01 Å². The maximum Gasteiger partial charge on any atom is 0.360 e. The monoisotopic (exact) mass is 262 g/mol. The summed E-state index contributed by atoms with van der Waals surface area (Å²) in [6, 6.07) is 0.974. The van der Waals surface area contributed by atoms with E-state index < -0.39 is 5.97 Å². The highest BCUT2D eigenvalue weighted by molar-refractivity contribution is 5.87. The number of nitrogens with one attached hydrogen (secondary N) is 1. The Hall–Kier alpha value is -1.52.